The normalized spacial score (nSPS) is 13.7. The summed E-state index contributed by atoms with van der Waals surface area (Å²) < 4.78 is 0. The smallest absolute Gasteiger partial charge is 0.0215 e. The lowest BCUT2D eigenvalue weighted by Crippen LogP contribution is -2.25. The minimum Gasteiger partial charge on any atom is -0.0654 e. The van der Waals surface area contributed by atoms with Crippen LogP contribution in [0.2, 0.25) is 0 Å². The minimum atomic E-state index is 0.0434. The lowest BCUT2D eigenvalue weighted by atomic mass is 9.70. The molecule has 0 nitrogen and oxygen atoms in total. The molecular formula is C59H68. The first-order valence-corrected chi connectivity index (χ1v) is 22.8. The van der Waals surface area contributed by atoms with Crippen LogP contribution < -0.4 is 0 Å². The van der Waals surface area contributed by atoms with Gasteiger partial charge in [0, 0.05) is 5.41 Å². The van der Waals surface area contributed by atoms with Gasteiger partial charge in [0.25, 0.3) is 0 Å². The fourth-order valence-electron chi connectivity index (χ4n) is 9.43. The SMILES string of the molecule is CCCCCCC1(CCCCCC)c2ccccc2-c2ccc(C(=Cc3ccc(-c4ccc(C(C)(C)C)cc4)cc3)c3ccc(-c4ccc(C(C)(C)C)cc4)cc3)cc21. The molecule has 0 radical (unpaired) electrons. The van der Waals surface area contributed by atoms with Gasteiger partial charge in [0.2, 0.25) is 0 Å². The summed E-state index contributed by atoms with van der Waals surface area (Å²) in [6, 6.07) is 53.5. The highest BCUT2D eigenvalue weighted by molar-refractivity contribution is 5.94. The van der Waals surface area contributed by atoms with Gasteiger partial charge in [0.15, 0.2) is 0 Å². The number of benzene rings is 6. The standard InChI is InChI=1S/C59H68/c1-9-11-13-17-39-59(40-18-14-12-10-2)55-20-16-15-19-52(55)53-38-33-49(42-56(53)59)54(48-27-25-45(26-28-48)47-31-36-51(37-32-47)58(6,7)8)41-43-21-23-44(24-22-43)46-29-34-50(35-30-46)57(3,4)5/h15-16,19-38,41-42H,9-14,17-18,39-40H2,1-8H3. The Morgan fingerprint density at radius 1 is 0.441 bits per heavy atom. The zero-order valence-electron chi connectivity index (χ0n) is 37.4. The monoisotopic (exact) mass is 777 g/mol. The Bertz CT molecular complexity index is 2300. The van der Waals surface area contributed by atoms with Crippen molar-refractivity contribution in [3.05, 3.63) is 178 Å². The first-order chi connectivity index (χ1) is 28.4. The maximum absolute atomic E-state index is 2.60. The Kier molecular flexibility index (Phi) is 13.0. The van der Waals surface area contributed by atoms with Crippen molar-refractivity contribution in [1.29, 1.82) is 0 Å². The highest BCUT2D eigenvalue weighted by atomic mass is 14.4. The van der Waals surface area contributed by atoms with Gasteiger partial charge < -0.3 is 0 Å². The number of hydrogen-bond acceptors (Lipinski definition) is 0. The van der Waals surface area contributed by atoms with Crippen molar-refractivity contribution in [1.82, 2.24) is 0 Å². The maximum Gasteiger partial charge on any atom is 0.0215 e. The number of unbranched alkanes of at least 4 members (excludes halogenated alkanes) is 6. The molecular weight excluding hydrogens is 709 g/mol. The van der Waals surface area contributed by atoms with Crippen LogP contribution in [0.3, 0.4) is 0 Å². The van der Waals surface area contributed by atoms with Crippen LogP contribution in [0.5, 0.6) is 0 Å². The summed E-state index contributed by atoms with van der Waals surface area (Å²) in [5, 5.41) is 0. The van der Waals surface area contributed by atoms with Crippen LogP contribution in [-0.2, 0) is 16.2 Å². The van der Waals surface area contributed by atoms with E-state index in [9.17, 15) is 0 Å². The third-order valence-corrected chi connectivity index (χ3v) is 13.1. The molecule has 0 aromatic heterocycles. The van der Waals surface area contributed by atoms with Gasteiger partial charge in [-0.15, -0.1) is 0 Å². The molecule has 0 saturated heterocycles. The van der Waals surface area contributed by atoms with Gasteiger partial charge in [0.05, 0.1) is 0 Å². The number of rotatable bonds is 15. The lowest BCUT2D eigenvalue weighted by molar-refractivity contribution is 0.401. The number of fused-ring (bicyclic) bond motifs is 3. The molecule has 0 spiro atoms. The van der Waals surface area contributed by atoms with E-state index < -0.39 is 0 Å². The number of hydrogen-bond donors (Lipinski definition) is 0. The van der Waals surface area contributed by atoms with Crippen LogP contribution in [0.1, 0.15) is 159 Å². The van der Waals surface area contributed by atoms with Crippen molar-refractivity contribution in [2.45, 2.75) is 136 Å². The summed E-state index contributed by atoms with van der Waals surface area (Å²) in [4.78, 5) is 0. The first-order valence-electron chi connectivity index (χ1n) is 22.8. The molecule has 0 saturated carbocycles. The minimum absolute atomic E-state index is 0.0434. The summed E-state index contributed by atoms with van der Waals surface area (Å²) in [6.45, 7) is 18.3. The molecule has 0 aliphatic heterocycles. The third kappa shape index (κ3) is 9.44. The van der Waals surface area contributed by atoms with Crippen LogP contribution >= 0.6 is 0 Å². The summed E-state index contributed by atoms with van der Waals surface area (Å²) in [6.07, 6.45) is 15.1. The average Bonchev–Trinajstić information content (AvgIpc) is 3.51. The summed E-state index contributed by atoms with van der Waals surface area (Å²) in [7, 11) is 0. The topological polar surface area (TPSA) is 0 Å². The van der Waals surface area contributed by atoms with E-state index in [2.05, 4.69) is 201 Å². The van der Waals surface area contributed by atoms with Gasteiger partial charge >= 0.3 is 0 Å². The Labute approximate surface area is 357 Å². The van der Waals surface area contributed by atoms with Gasteiger partial charge in [-0.25, -0.2) is 0 Å². The Balaban J connectivity index is 1.31. The molecule has 1 aliphatic rings. The van der Waals surface area contributed by atoms with Crippen molar-refractivity contribution in [3.63, 3.8) is 0 Å². The first kappa shape index (κ1) is 42.2. The molecule has 0 N–H and O–H groups in total. The van der Waals surface area contributed by atoms with Crippen LogP contribution in [-0.4, -0.2) is 0 Å². The summed E-state index contributed by atoms with van der Waals surface area (Å²) in [5.41, 5.74) is 19.1. The highest BCUT2D eigenvalue weighted by Crippen LogP contribution is 2.55. The van der Waals surface area contributed by atoms with Gasteiger partial charge in [-0.3, -0.25) is 0 Å². The molecule has 0 heterocycles. The predicted molar refractivity (Wildman–Crippen MR) is 258 cm³/mol. The van der Waals surface area contributed by atoms with E-state index in [1.165, 1.54) is 131 Å². The molecule has 0 heteroatoms. The average molecular weight is 777 g/mol. The molecule has 304 valence electrons. The van der Waals surface area contributed by atoms with Crippen LogP contribution in [0.15, 0.2) is 140 Å². The van der Waals surface area contributed by atoms with E-state index in [1.807, 2.05) is 0 Å². The van der Waals surface area contributed by atoms with E-state index in [0.717, 1.165) is 0 Å². The third-order valence-electron chi connectivity index (χ3n) is 13.1. The Morgan fingerprint density at radius 2 is 0.881 bits per heavy atom. The molecule has 0 unspecified atom stereocenters. The molecule has 0 fully saturated rings. The van der Waals surface area contributed by atoms with Crippen molar-refractivity contribution in [2.75, 3.05) is 0 Å². The fraction of sp³-hybridized carbons (Fsp3) is 0.356. The molecule has 7 rings (SSSR count). The molecule has 6 aromatic carbocycles. The van der Waals surface area contributed by atoms with Crippen molar-refractivity contribution >= 4 is 11.6 Å². The van der Waals surface area contributed by atoms with Crippen LogP contribution in [0.25, 0.3) is 45.0 Å². The quantitative estimate of drug-likeness (QED) is 0.0720. The van der Waals surface area contributed by atoms with Gasteiger partial charge in [-0.2, -0.15) is 0 Å². The van der Waals surface area contributed by atoms with Crippen molar-refractivity contribution in [3.8, 4) is 33.4 Å². The summed E-state index contributed by atoms with van der Waals surface area (Å²) >= 11 is 0. The predicted octanol–water partition coefficient (Wildman–Crippen LogP) is 17.4. The molecule has 6 aromatic rings. The molecule has 59 heavy (non-hydrogen) atoms. The van der Waals surface area contributed by atoms with Gasteiger partial charge in [0.1, 0.15) is 0 Å². The van der Waals surface area contributed by atoms with E-state index in [0.29, 0.717) is 0 Å². The van der Waals surface area contributed by atoms with E-state index in [1.54, 1.807) is 11.1 Å². The zero-order chi connectivity index (χ0) is 41.6. The molecule has 0 atom stereocenters. The lowest BCUT2D eigenvalue weighted by Gasteiger charge is -2.33. The molecule has 1 aliphatic carbocycles. The van der Waals surface area contributed by atoms with Crippen LogP contribution in [0, 0.1) is 0 Å². The molecule has 0 bridgehead atoms. The second-order valence-corrected chi connectivity index (χ2v) is 19.4. The van der Waals surface area contributed by atoms with Crippen LogP contribution in [0.4, 0.5) is 0 Å². The highest BCUT2D eigenvalue weighted by Gasteiger charge is 2.42. The van der Waals surface area contributed by atoms with Gasteiger partial charge in [-0.05, 0) is 114 Å². The van der Waals surface area contributed by atoms with Crippen molar-refractivity contribution in [2.24, 2.45) is 0 Å². The zero-order valence-corrected chi connectivity index (χ0v) is 37.4. The van der Waals surface area contributed by atoms with E-state index in [-0.39, 0.29) is 16.2 Å². The largest absolute Gasteiger partial charge is 0.0654 e. The van der Waals surface area contributed by atoms with E-state index >= 15 is 0 Å². The second kappa shape index (κ2) is 18.1. The van der Waals surface area contributed by atoms with E-state index in [4.69, 9.17) is 0 Å². The Morgan fingerprint density at radius 3 is 1.37 bits per heavy atom. The van der Waals surface area contributed by atoms with Gasteiger partial charge in [-0.1, -0.05) is 240 Å². The maximum atomic E-state index is 2.60. The Hall–Kier alpha value is -4.94. The molecule has 0 amide bonds. The second-order valence-electron chi connectivity index (χ2n) is 19.4. The van der Waals surface area contributed by atoms with Crippen molar-refractivity contribution < 1.29 is 0 Å². The summed E-state index contributed by atoms with van der Waals surface area (Å²) in [5.74, 6) is 0. The fourth-order valence-corrected chi connectivity index (χ4v) is 9.43.